The van der Waals surface area contributed by atoms with E-state index < -0.39 is 5.91 Å². The van der Waals surface area contributed by atoms with Crippen LogP contribution in [0.2, 0.25) is 0 Å². The summed E-state index contributed by atoms with van der Waals surface area (Å²) in [5.41, 5.74) is 6.75. The average molecular weight is 383 g/mol. The fourth-order valence-corrected chi connectivity index (χ4v) is 2.97. The van der Waals surface area contributed by atoms with Gasteiger partial charge in [-0.05, 0) is 59.1 Å². The van der Waals surface area contributed by atoms with Crippen LogP contribution in [0.15, 0.2) is 34.1 Å². The Morgan fingerprint density at radius 1 is 1.18 bits per heavy atom. The highest BCUT2D eigenvalue weighted by Gasteiger charge is 2.10. The van der Waals surface area contributed by atoms with Gasteiger partial charge in [-0.3, -0.25) is 20.4 Å². The van der Waals surface area contributed by atoms with E-state index in [1.165, 1.54) is 11.3 Å². The maximum Gasteiger partial charge on any atom is 0.279 e. The Morgan fingerprint density at radius 3 is 2.64 bits per heavy atom. The fourth-order valence-electron chi connectivity index (χ4n) is 1.68. The smallest absolute Gasteiger partial charge is 0.279 e. The van der Waals surface area contributed by atoms with Gasteiger partial charge in [0.15, 0.2) is 6.61 Å². The van der Waals surface area contributed by atoms with Crippen LogP contribution < -0.4 is 15.6 Å². The number of benzene rings is 1. The molecule has 0 spiro atoms. The largest absolute Gasteiger partial charge is 0.483 e. The molecule has 1 aromatic heterocycles. The number of hydrazine groups is 1. The lowest BCUT2D eigenvalue weighted by Gasteiger charge is -2.11. The van der Waals surface area contributed by atoms with Crippen LogP contribution in [0.3, 0.4) is 0 Å². The summed E-state index contributed by atoms with van der Waals surface area (Å²) in [4.78, 5) is 24.0. The molecule has 0 saturated heterocycles. The molecule has 0 bridgehead atoms. The third kappa shape index (κ3) is 4.32. The van der Waals surface area contributed by atoms with Gasteiger partial charge in [0, 0.05) is 0 Å². The van der Waals surface area contributed by atoms with E-state index in [1.807, 2.05) is 26.0 Å². The van der Waals surface area contributed by atoms with Gasteiger partial charge in [0.25, 0.3) is 11.8 Å². The quantitative estimate of drug-likeness (QED) is 0.798. The Kier molecular flexibility index (Phi) is 5.57. The molecule has 1 heterocycles. The van der Waals surface area contributed by atoms with Crippen LogP contribution in [-0.4, -0.2) is 18.4 Å². The zero-order chi connectivity index (χ0) is 16.1. The third-order valence-electron chi connectivity index (χ3n) is 3.03. The molecule has 7 heteroatoms. The van der Waals surface area contributed by atoms with Crippen LogP contribution in [-0.2, 0) is 4.79 Å². The summed E-state index contributed by atoms with van der Waals surface area (Å²) in [7, 11) is 0. The zero-order valence-corrected chi connectivity index (χ0v) is 14.5. The van der Waals surface area contributed by atoms with Gasteiger partial charge < -0.3 is 4.74 Å². The van der Waals surface area contributed by atoms with Crippen LogP contribution in [0.5, 0.6) is 5.75 Å². The van der Waals surface area contributed by atoms with Crippen LogP contribution in [0.1, 0.15) is 20.8 Å². The molecule has 1 aromatic carbocycles. The van der Waals surface area contributed by atoms with Crippen molar-refractivity contribution in [1.82, 2.24) is 10.9 Å². The minimum absolute atomic E-state index is 0.168. The number of hydrogen-bond acceptors (Lipinski definition) is 4. The molecular weight excluding hydrogens is 368 g/mol. The van der Waals surface area contributed by atoms with Crippen LogP contribution in [0.4, 0.5) is 0 Å². The van der Waals surface area contributed by atoms with Crippen molar-refractivity contribution in [2.75, 3.05) is 6.61 Å². The lowest BCUT2D eigenvalue weighted by atomic mass is 10.1. The molecule has 0 aliphatic rings. The SMILES string of the molecule is Cc1cccc(OCC(=O)NNC(=O)c2ccc(Br)s2)c1C. The summed E-state index contributed by atoms with van der Waals surface area (Å²) in [6, 6.07) is 9.08. The number of rotatable bonds is 4. The Morgan fingerprint density at radius 2 is 1.95 bits per heavy atom. The van der Waals surface area contributed by atoms with Gasteiger partial charge >= 0.3 is 0 Å². The second-order valence-electron chi connectivity index (χ2n) is 4.59. The molecule has 0 saturated carbocycles. The molecule has 0 radical (unpaired) electrons. The molecule has 0 atom stereocenters. The first-order chi connectivity index (χ1) is 10.5. The van der Waals surface area contributed by atoms with Crippen molar-refractivity contribution in [1.29, 1.82) is 0 Å². The molecule has 0 aliphatic carbocycles. The highest BCUT2D eigenvalue weighted by Crippen LogP contribution is 2.22. The lowest BCUT2D eigenvalue weighted by molar-refractivity contribution is -0.123. The Balaban J connectivity index is 1.81. The van der Waals surface area contributed by atoms with Crippen molar-refractivity contribution in [2.45, 2.75) is 13.8 Å². The molecule has 0 unspecified atom stereocenters. The third-order valence-corrected chi connectivity index (χ3v) is 4.65. The summed E-state index contributed by atoms with van der Waals surface area (Å²) in [5, 5.41) is 0. The minimum Gasteiger partial charge on any atom is -0.483 e. The van der Waals surface area contributed by atoms with E-state index in [2.05, 4.69) is 26.8 Å². The summed E-state index contributed by atoms with van der Waals surface area (Å²) in [6.07, 6.45) is 0. The molecule has 2 rings (SSSR count). The number of halogens is 1. The maximum absolute atomic E-state index is 11.8. The van der Waals surface area contributed by atoms with E-state index in [9.17, 15) is 9.59 Å². The minimum atomic E-state index is -0.426. The lowest BCUT2D eigenvalue weighted by Crippen LogP contribution is -2.43. The molecule has 0 aliphatic heterocycles. The Labute approximate surface area is 140 Å². The van der Waals surface area contributed by atoms with Crippen molar-refractivity contribution >= 4 is 39.1 Å². The van der Waals surface area contributed by atoms with E-state index in [0.717, 1.165) is 14.9 Å². The second-order valence-corrected chi connectivity index (χ2v) is 7.06. The standard InChI is InChI=1S/C15H15BrN2O3S/c1-9-4-3-5-11(10(9)2)21-8-14(19)17-18-15(20)12-6-7-13(16)22-12/h3-7H,8H2,1-2H3,(H,17,19)(H,18,20). The van der Waals surface area contributed by atoms with Crippen molar-refractivity contribution in [3.8, 4) is 5.75 Å². The number of hydrogen-bond donors (Lipinski definition) is 2. The predicted molar refractivity (Wildman–Crippen MR) is 89.0 cm³/mol. The Hall–Kier alpha value is -1.86. The number of ether oxygens (including phenoxy) is 1. The average Bonchev–Trinajstić information content (AvgIpc) is 2.93. The number of nitrogens with one attached hydrogen (secondary N) is 2. The number of aryl methyl sites for hydroxylation is 1. The molecule has 5 nitrogen and oxygen atoms in total. The molecule has 0 fully saturated rings. The maximum atomic E-state index is 11.8. The molecule has 22 heavy (non-hydrogen) atoms. The topological polar surface area (TPSA) is 67.4 Å². The normalized spacial score (nSPS) is 10.1. The number of amides is 2. The fraction of sp³-hybridized carbons (Fsp3) is 0.200. The van der Waals surface area contributed by atoms with E-state index in [4.69, 9.17) is 4.74 Å². The van der Waals surface area contributed by atoms with Gasteiger partial charge in [-0.2, -0.15) is 0 Å². The molecule has 2 N–H and O–H groups in total. The van der Waals surface area contributed by atoms with Crippen LogP contribution >= 0.6 is 27.3 Å². The van der Waals surface area contributed by atoms with Crippen LogP contribution in [0.25, 0.3) is 0 Å². The first-order valence-electron chi connectivity index (χ1n) is 6.51. The summed E-state index contributed by atoms with van der Waals surface area (Å²) in [6.45, 7) is 3.74. The zero-order valence-electron chi connectivity index (χ0n) is 12.1. The summed E-state index contributed by atoms with van der Waals surface area (Å²) < 4.78 is 6.30. The highest BCUT2D eigenvalue weighted by molar-refractivity contribution is 9.11. The second kappa shape index (κ2) is 7.42. The van der Waals surface area contributed by atoms with Crippen molar-refractivity contribution in [3.05, 3.63) is 50.1 Å². The molecule has 2 aromatic rings. The van der Waals surface area contributed by atoms with Crippen LogP contribution in [0, 0.1) is 13.8 Å². The van der Waals surface area contributed by atoms with E-state index in [-0.39, 0.29) is 12.5 Å². The molecule has 2 amide bonds. The number of thiophene rings is 1. The van der Waals surface area contributed by atoms with Gasteiger partial charge in [0.1, 0.15) is 5.75 Å². The first-order valence-corrected chi connectivity index (χ1v) is 8.12. The van der Waals surface area contributed by atoms with Gasteiger partial charge in [0.2, 0.25) is 0 Å². The van der Waals surface area contributed by atoms with Gasteiger partial charge in [-0.15, -0.1) is 11.3 Å². The predicted octanol–water partition coefficient (Wildman–Crippen LogP) is 2.97. The van der Waals surface area contributed by atoms with E-state index >= 15 is 0 Å². The van der Waals surface area contributed by atoms with Crippen molar-refractivity contribution < 1.29 is 14.3 Å². The molecular formula is C15H15BrN2O3S. The van der Waals surface area contributed by atoms with E-state index in [0.29, 0.717) is 10.6 Å². The van der Waals surface area contributed by atoms with Crippen molar-refractivity contribution in [3.63, 3.8) is 0 Å². The van der Waals surface area contributed by atoms with E-state index in [1.54, 1.807) is 18.2 Å². The summed E-state index contributed by atoms with van der Waals surface area (Å²) >= 11 is 4.56. The van der Waals surface area contributed by atoms with Gasteiger partial charge in [-0.25, -0.2) is 0 Å². The number of carbonyl (C=O) groups is 2. The monoisotopic (exact) mass is 382 g/mol. The first kappa shape index (κ1) is 16.5. The van der Waals surface area contributed by atoms with Gasteiger partial charge in [-0.1, -0.05) is 12.1 Å². The number of carbonyl (C=O) groups excluding carboxylic acids is 2. The van der Waals surface area contributed by atoms with Gasteiger partial charge in [0.05, 0.1) is 8.66 Å². The highest BCUT2D eigenvalue weighted by atomic mass is 79.9. The Bertz CT molecular complexity index is 700. The van der Waals surface area contributed by atoms with Crippen molar-refractivity contribution in [2.24, 2.45) is 0 Å². The summed E-state index contributed by atoms with van der Waals surface area (Å²) in [5.74, 6) is -0.135. The molecule has 116 valence electrons.